The highest BCUT2D eigenvalue weighted by molar-refractivity contribution is 7.89. The highest BCUT2D eigenvalue weighted by Gasteiger charge is 2.23. The van der Waals surface area contributed by atoms with E-state index in [1.807, 2.05) is 6.92 Å². The molecule has 0 spiro atoms. The summed E-state index contributed by atoms with van der Waals surface area (Å²) in [6.07, 6.45) is 6.75. The van der Waals surface area contributed by atoms with Gasteiger partial charge in [-0.25, -0.2) is 18.1 Å². The molecule has 5 nitrogen and oxygen atoms in total. The average molecular weight is 311 g/mol. The van der Waals surface area contributed by atoms with Crippen molar-refractivity contribution in [3.05, 3.63) is 18.3 Å². The SMILES string of the molecule is CCNc1cc(S(=O)(=O)NC2CCCC(C)CC2)ccn1. The standard InChI is InChI=1S/C15H25N3O2S/c1-3-16-15-11-14(9-10-17-15)21(19,20)18-13-6-4-5-12(2)7-8-13/h9-13,18H,3-8H2,1-2H3,(H,16,17). The molecule has 21 heavy (non-hydrogen) atoms. The van der Waals surface area contributed by atoms with E-state index in [4.69, 9.17) is 0 Å². The first-order valence-corrected chi connectivity index (χ1v) is 9.22. The van der Waals surface area contributed by atoms with E-state index < -0.39 is 10.0 Å². The second-order valence-electron chi connectivity index (χ2n) is 5.84. The Labute approximate surface area is 127 Å². The topological polar surface area (TPSA) is 71.1 Å². The maximum atomic E-state index is 12.5. The predicted octanol–water partition coefficient (Wildman–Crippen LogP) is 2.76. The molecule has 0 aromatic carbocycles. The summed E-state index contributed by atoms with van der Waals surface area (Å²) in [6.45, 7) is 4.90. The lowest BCUT2D eigenvalue weighted by atomic mass is 10.0. The lowest BCUT2D eigenvalue weighted by Gasteiger charge is -2.17. The minimum Gasteiger partial charge on any atom is -0.370 e. The van der Waals surface area contributed by atoms with E-state index in [1.165, 1.54) is 12.6 Å². The molecule has 1 fully saturated rings. The van der Waals surface area contributed by atoms with Crippen molar-refractivity contribution in [2.24, 2.45) is 5.92 Å². The van der Waals surface area contributed by atoms with Gasteiger partial charge in [0, 0.05) is 24.8 Å². The van der Waals surface area contributed by atoms with Crippen LogP contribution in [0.25, 0.3) is 0 Å². The molecule has 0 radical (unpaired) electrons. The van der Waals surface area contributed by atoms with Gasteiger partial charge in [-0.2, -0.15) is 0 Å². The molecule has 6 heteroatoms. The van der Waals surface area contributed by atoms with Gasteiger partial charge in [-0.05, 0) is 38.2 Å². The van der Waals surface area contributed by atoms with E-state index in [9.17, 15) is 8.42 Å². The molecule has 0 amide bonds. The Hall–Kier alpha value is -1.14. The van der Waals surface area contributed by atoms with E-state index in [1.54, 1.807) is 12.1 Å². The van der Waals surface area contributed by atoms with Crippen molar-refractivity contribution in [3.63, 3.8) is 0 Å². The second-order valence-corrected chi connectivity index (χ2v) is 7.55. The zero-order chi connectivity index (χ0) is 15.3. The Morgan fingerprint density at radius 1 is 1.29 bits per heavy atom. The maximum absolute atomic E-state index is 12.5. The van der Waals surface area contributed by atoms with Crippen LogP contribution >= 0.6 is 0 Å². The molecule has 1 aliphatic carbocycles. The minimum absolute atomic E-state index is 0.0516. The molecule has 0 bridgehead atoms. The molecule has 0 aliphatic heterocycles. The van der Waals surface area contributed by atoms with Gasteiger partial charge in [0.15, 0.2) is 0 Å². The monoisotopic (exact) mass is 311 g/mol. The Morgan fingerprint density at radius 2 is 2.10 bits per heavy atom. The zero-order valence-electron chi connectivity index (χ0n) is 12.8. The van der Waals surface area contributed by atoms with E-state index in [0.717, 1.165) is 25.7 Å². The van der Waals surface area contributed by atoms with Gasteiger partial charge in [0.1, 0.15) is 5.82 Å². The second kappa shape index (κ2) is 7.22. The van der Waals surface area contributed by atoms with Crippen LogP contribution in [-0.4, -0.2) is 26.0 Å². The van der Waals surface area contributed by atoms with Crippen LogP contribution in [0.2, 0.25) is 0 Å². The first-order chi connectivity index (χ1) is 10.0. The number of hydrogen-bond acceptors (Lipinski definition) is 4. The van der Waals surface area contributed by atoms with Crippen LogP contribution in [0.4, 0.5) is 5.82 Å². The van der Waals surface area contributed by atoms with E-state index in [2.05, 4.69) is 21.9 Å². The molecule has 1 aliphatic rings. The fourth-order valence-corrected chi connectivity index (χ4v) is 4.07. The Morgan fingerprint density at radius 3 is 2.86 bits per heavy atom. The predicted molar refractivity (Wildman–Crippen MR) is 84.8 cm³/mol. The number of hydrogen-bond donors (Lipinski definition) is 2. The third-order valence-corrected chi connectivity index (χ3v) is 5.50. The van der Waals surface area contributed by atoms with Gasteiger partial charge in [0.25, 0.3) is 0 Å². The van der Waals surface area contributed by atoms with Crippen molar-refractivity contribution in [2.75, 3.05) is 11.9 Å². The van der Waals surface area contributed by atoms with E-state index in [-0.39, 0.29) is 10.9 Å². The first kappa shape index (κ1) is 16.2. The van der Waals surface area contributed by atoms with Crippen LogP contribution in [0.1, 0.15) is 46.0 Å². The summed E-state index contributed by atoms with van der Waals surface area (Å²) in [6, 6.07) is 3.18. The van der Waals surface area contributed by atoms with Gasteiger partial charge in [0.05, 0.1) is 4.90 Å². The zero-order valence-corrected chi connectivity index (χ0v) is 13.6. The maximum Gasteiger partial charge on any atom is 0.241 e. The third kappa shape index (κ3) is 4.68. The summed E-state index contributed by atoms with van der Waals surface area (Å²) in [4.78, 5) is 4.39. The third-order valence-electron chi connectivity index (χ3n) is 3.98. The fourth-order valence-electron chi connectivity index (χ4n) is 2.75. The smallest absolute Gasteiger partial charge is 0.241 e. The number of aromatic nitrogens is 1. The molecule has 0 saturated heterocycles. The van der Waals surface area contributed by atoms with Gasteiger partial charge >= 0.3 is 0 Å². The molecule has 2 rings (SSSR count). The Kier molecular flexibility index (Phi) is 5.58. The summed E-state index contributed by atoms with van der Waals surface area (Å²) in [5.41, 5.74) is 0. The molecular weight excluding hydrogens is 286 g/mol. The number of nitrogens with one attached hydrogen (secondary N) is 2. The number of sulfonamides is 1. The van der Waals surface area contributed by atoms with Crippen LogP contribution in [0, 0.1) is 5.92 Å². The van der Waals surface area contributed by atoms with Gasteiger partial charge < -0.3 is 5.32 Å². The van der Waals surface area contributed by atoms with Crippen molar-refractivity contribution < 1.29 is 8.42 Å². The molecule has 2 atom stereocenters. The largest absolute Gasteiger partial charge is 0.370 e. The van der Waals surface area contributed by atoms with Crippen molar-refractivity contribution in [1.29, 1.82) is 0 Å². The molecule has 2 N–H and O–H groups in total. The van der Waals surface area contributed by atoms with Crippen molar-refractivity contribution in [3.8, 4) is 0 Å². The summed E-state index contributed by atoms with van der Waals surface area (Å²) in [7, 11) is -3.46. The summed E-state index contributed by atoms with van der Waals surface area (Å²) in [5, 5.41) is 3.04. The number of anilines is 1. The quantitative estimate of drug-likeness (QED) is 0.820. The molecule has 1 aromatic rings. The lowest BCUT2D eigenvalue weighted by Crippen LogP contribution is -2.34. The molecule has 1 aromatic heterocycles. The van der Waals surface area contributed by atoms with Crippen molar-refractivity contribution >= 4 is 15.8 Å². The van der Waals surface area contributed by atoms with Gasteiger partial charge in [0.2, 0.25) is 10.0 Å². The van der Waals surface area contributed by atoms with Crippen molar-refractivity contribution in [2.45, 2.75) is 56.9 Å². The number of nitrogens with zero attached hydrogens (tertiary/aromatic N) is 1. The highest BCUT2D eigenvalue weighted by atomic mass is 32.2. The first-order valence-electron chi connectivity index (χ1n) is 7.73. The normalized spacial score (nSPS) is 23.5. The summed E-state index contributed by atoms with van der Waals surface area (Å²) < 4.78 is 27.8. The molecular formula is C15H25N3O2S. The van der Waals surface area contributed by atoms with E-state index in [0.29, 0.717) is 18.3 Å². The summed E-state index contributed by atoms with van der Waals surface area (Å²) in [5.74, 6) is 1.29. The van der Waals surface area contributed by atoms with Crippen LogP contribution in [-0.2, 0) is 10.0 Å². The van der Waals surface area contributed by atoms with Gasteiger partial charge in [-0.3, -0.25) is 0 Å². The molecule has 1 saturated carbocycles. The molecule has 2 unspecified atom stereocenters. The minimum atomic E-state index is -3.46. The fraction of sp³-hybridized carbons (Fsp3) is 0.667. The average Bonchev–Trinajstić information content (AvgIpc) is 2.64. The number of pyridine rings is 1. The lowest BCUT2D eigenvalue weighted by molar-refractivity contribution is 0.484. The van der Waals surface area contributed by atoms with Crippen LogP contribution in [0.3, 0.4) is 0 Å². The molecule has 118 valence electrons. The van der Waals surface area contributed by atoms with Crippen LogP contribution in [0.5, 0.6) is 0 Å². The van der Waals surface area contributed by atoms with Crippen LogP contribution < -0.4 is 10.0 Å². The molecule has 1 heterocycles. The van der Waals surface area contributed by atoms with Gasteiger partial charge in [-0.1, -0.05) is 19.8 Å². The Balaban J connectivity index is 2.08. The Bertz CT molecular complexity index is 560. The van der Waals surface area contributed by atoms with Gasteiger partial charge in [-0.15, -0.1) is 0 Å². The number of rotatable bonds is 5. The summed E-state index contributed by atoms with van der Waals surface area (Å²) >= 11 is 0. The van der Waals surface area contributed by atoms with Crippen molar-refractivity contribution in [1.82, 2.24) is 9.71 Å². The van der Waals surface area contributed by atoms with E-state index >= 15 is 0 Å². The highest BCUT2D eigenvalue weighted by Crippen LogP contribution is 2.24. The van der Waals surface area contributed by atoms with Crippen LogP contribution in [0.15, 0.2) is 23.2 Å².